The summed E-state index contributed by atoms with van der Waals surface area (Å²) < 4.78 is 15.1. The van der Waals surface area contributed by atoms with Crippen LogP contribution in [0, 0.1) is 0 Å². The highest BCUT2D eigenvalue weighted by Gasteiger charge is 2.36. The van der Waals surface area contributed by atoms with Gasteiger partial charge in [-0.25, -0.2) is 0 Å². The van der Waals surface area contributed by atoms with Gasteiger partial charge in [0.05, 0.1) is 16.3 Å². The second-order valence-electron chi connectivity index (χ2n) is 8.63. The second kappa shape index (κ2) is 6.72. The van der Waals surface area contributed by atoms with Crippen LogP contribution in [0.1, 0.15) is 0 Å². The van der Waals surface area contributed by atoms with E-state index in [9.17, 15) is 0 Å². The molecule has 1 atom stereocenters. The average Bonchev–Trinajstić information content (AvgIpc) is 3.23. The summed E-state index contributed by atoms with van der Waals surface area (Å²) in [6.07, 6.45) is 0. The van der Waals surface area contributed by atoms with E-state index >= 15 is 0 Å². The molecule has 3 nitrogen and oxygen atoms in total. The number of nitrogens with zero attached hydrogens (tertiary/aromatic N) is 1. The summed E-state index contributed by atoms with van der Waals surface area (Å²) in [6, 6.07) is 38.4. The molecule has 5 aromatic carbocycles. The smallest absolute Gasteiger partial charge is 0.139 e. The zero-order chi connectivity index (χ0) is 22.2. The molecule has 4 heteroatoms. The van der Waals surface area contributed by atoms with Crippen LogP contribution >= 0.6 is 7.92 Å². The van der Waals surface area contributed by atoms with Crippen LogP contribution in [0.25, 0.3) is 27.5 Å². The van der Waals surface area contributed by atoms with E-state index in [1.807, 2.05) is 12.1 Å². The van der Waals surface area contributed by atoms with Crippen molar-refractivity contribution in [2.75, 3.05) is 0 Å². The summed E-state index contributed by atoms with van der Waals surface area (Å²) in [7, 11) is -0.793. The van der Waals surface area contributed by atoms with E-state index in [4.69, 9.17) is 9.47 Å². The molecule has 0 radical (unpaired) electrons. The molecular weight excluding hydrogens is 437 g/mol. The van der Waals surface area contributed by atoms with Crippen molar-refractivity contribution in [3.8, 4) is 28.7 Å². The SMILES string of the molecule is c1ccc2c(c1)Oc1cccc3c1P2c1cc(-n2c4ccccc4c4ccccc42)ccc1O3. The van der Waals surface area contributed by atoms with Gasteiger partial charge in [-0.1, -0.05) is 60.7 Å². The molecule has 0 spiro atoms. The van der Waals surface area contributed by atoms with Gasteiger partial charge >= 0.3 is 0 Å². The van der Waals surface area contributed by atoms with Crippen molar-refractivity contribution in [1.82, 2.24) is 4.57 Å². The molecule has 1 unspecified atom stereocenters. The number of fused-ring (bicyclic) bond motifs is 7. The summed E-state index contributed by atoms with van der Waals surface area (Å²) in [4.78, 5) is 0. The van der Waals surface area contributed by atoms with E-state index < -0.39 is 7.92 Å². The molecule has 0 saturated carbocycles. The van der Waals surface area contributed by atoms with Crippen molar-refractivity contribution >= 4 is 45.6 Å². The van der Waals surface area contributed by atoms with Crippen molar-refractivity contribution in [2.24, 2.45) is 0 Å². The molecular formula is C30H18NO2P. The molecule has 3 heterocycles. The van der Waals surface area contributed by atoms with E-state index in [0.29, 0.717) is 0 Å². The van der Waals surface area contributed by atoms with Crippen molar-refractivity contribution < 1.29 is 9.47 Å². The summed E-state index contributed by atoms with van der Waals surface area (Å²) in [6.45, 7) is 0. The van der Waals surface area contributed by atoms with Gasteiger partial charge in [-0.3, -0.25) is 0 Å². The molecule has 8 rings (SSSR count). The quantitative estimate of drug-likeness (QED) is 0.256. The standard InChI is InChI=1S/C30H18NO2P/c1-3-10-22-20(8-1)21-9-2-4-11-23(21)31(22)19-16-17-25-29(18-19)34-28-15-6-5-12-24(28)32-26-13-7-14-27(33-25)30(26)34/h1-18H. The fourth-order valence-corrected chi connectivity index (χ4v) is 7.93. The molecule has 0 N–H and O–H groups in total. The van der Waals surface area contributed by atoms with Gasteiger partial charge in [0, 0.05) is 35.0 Å². The Morgan fingerprint density at radius 2 is 1.09 bits per heavy atom. The summed E-state index contributed by atoms with van der Waals surface area (Å²) >= 11 is 0. The maximum Gasteiger partial charge on any atom is 0.139 e. The topological polar surface area (TPSA) is 23.4 Å². The Kier molecular flexibility index (Phi) is 3.63. The lowest BCUT2D eigenvalue weighted by Gasteiger charge is -2.34. The average molecular weight is 455 g/mol. The van der Waals surface area contributed by atoms with Crippen molar-refractivity contribution in [3.05, 3.63) is 109 Å². The number of para-hydroxylation sites is 3. The zero-order valence-electron chi connectivity index (χ0n) is 18.1. The Morgan fingerprint density at radius 3 is 1.82 bits per heavy atom. The molecule has 0 bridgehead atoms. The first-order chi connectivity index (χ1) is 16.9. The third-order valence-electron chi connectivity index (χ3n) is 6.75. The lowest BCUT2D eigenvalue weighted by Crippen LogP contribution is -2.31. The number of aromatic nitrogens is 1. The highest BCUT2D eigenvalue weighted by Crippen LogP contribution is 2.52. The largest absolute Gasteiger partial charge is 0.456 e. The minimum Gasteiger partial charge on any atom is -0.456 e. The monoisotopic (exact) mass is 455 g/mol. The fourth-order valence-electron chi connectivity index (χ4n) is 5.33. The van der Waals surface area contributed by atoms with Crippen LogP contribution in [-0.2, 0) is 0 Å². The lowest BCUT2D eigenvalue weighted by atomic mass is 10.2. The highest BCUT2D eigenvalue weighted by molar-refractivity contribution is 7.80. The molecule has 0 amide bonds. The van der Waals surface area contributed by atoms with Gasteiger partial charge in [-0.05, 0) is 48.5 Å². The molecule has 6 aromatic rings. The third-order valence-corrected chi connectivity index (χ3v) is 9.32. The van der Waals surface area contributed by atoms with E-state index in [2.05, 4.69) is 102 Å². The van der Waals surface area contributed by atoms with E-state index in [1.54, 1.807) is 0 Å². The minimum atomic E-state index is -0.793. The first-order valence-corrected chi connectivity index (χ1v) is 12.7. The van der Waals surface area contributed by atoms with Crippen molar-refractivity contribution in [3.63, 3.8) is 0 Å². The number of benzene rings is 5. The highest BCUT2D eigenvalue weighted by atomic mass is 31.1. The van der Waals surface area contributed by atoms with E-state index in [-0.39, 0.29) is 0 Å². The maximum absolute atomic E-state index is 6.41. The van der Waals surface area contributed by atoms with E-state index in [1.165, 1.54) is 37.7 Å². The molecule has 2 aliphatic rings. The number of ether oxygens (including phenoxy) is 2. The first-order valence-electron chi connectivity index (χ1n) is 11.4. The van der Waals surface area contributed by atoms with Gasteiger partial charge in [-0.2, -0.15) is 0 Å². The zero-order valence-corrected chi connectivity index (χ0v) is 19.0. The second-order valence-corrected chi connectivity index (χ2v) is 10.7. The molecule has 0 aliphatic carbocycles. The number of rotatable bonds is 1. The maximum atomic E-state index is 6.41. The van der Waals surface area contributed by atoms with Crippen LogP contribution in [0.3, 0.4) is 0 Å². The fraction of sp³-hybridized carbons (Fsp3) is 0. The van der Waals surface area contributed by atoms with Gasteiger partial charge in [0.25, 0.3) is 0 Å². The Balaban J connectivity index is 1.42. The Hall–Kier alpha value is -4.07. The van der Waals surface area contributed by atoms with Crippen LogP contribution < -0.4 is 25.4 Å². The summed E-state index contributed by atoms with van der Waals surface area (Å²) in [5.41, 5.74) is 3.57. The lowest BCUT2D eigenvalue weighted by molar-refractivity contribution is 0.466. The molecule has 2 aliphatic heterocycles. The Labute approximate surface area is 197 Å². The molecule has 160 valence electrons. The van der Waals surface area contributed by atoms with Crippen LogP contribution in [-0.4, -0.2) is 4.57 Å². The van der Waals surface area contributed by atoms with Gasteiger partial charge in [0.1, 0.15) is 23.0 Å². The van der Waals surface area contributed by atoms with Crippen molar-refractivity contribution in [1.29, 1.82) is 0 Å². The predicted molar refractivity (Wildman–Crippen MR) is 140 cm³/mol. The Morgan fingerprint density at radius 1 is 0.500 bits per heavy atom. The van der Waals surface area contributed by atoms with E-state index in [0.717, 1.165) is 28.7 Å². The van der Waals surface area contributed by atoms with Gasteiger partial charge < -0.3 is 14.0 Å². The molecule has 34 heavy (non-hydrogen) atoms. The normalized spacial score (nSPS) is 15.2. The first kappa shape index (κ1) is 18.4. The third kappa shape index (κ3) is 2.40. The van der Waals surface area contributed by atoms with Gasteiger partial charge in [0.15, 0.2) is 0 Å². The molecule has 0 fully saturated rings. The van der Waals surface area contributed by atoms with Crippen LogP contribution in [0.2, 0.25) is 0 Å². The van der Waals surface area contributed by atoms with Crippen LogP contribution in [0.5, 0.6) is 23.0 Å². The van der Waals surface area contributed by atoms with Gasteiger partial charge in [0.2, 0.25) is 0 Å². The summed E-state index contributed by atoms with van der Waals surface area (Å²) in [5, 5.41) is 6.16. The van der Waals surface area contributed by atoms with Crippen LogP contribution in [0.4, 0.5) is 0 Å². The predicted octanol–water partition coefficient (Wildman–Crippen LogP) is 6.75. The molecule has 1 aromatic heterocycles. The molecule has 0 saturated heterocycles. The number of hydrogen-bond acceptors (Lipinski definition) is 2. The van der Waals surface area contributed by atoms with Crippen LogP contribution in [0.15, 0.2) is 109 Å². The minimum absolute atomic E-state index is 0.793. The number of hydrogen-bond donors (Lipinski definition) is 0. The van der Waals surface area contributed by atoms with Crippen molar-refractivity contribution in [2.45, 2.75) is 0 Å². The van der Waals surface area contributed by atoms with Gasteiger partial charge in [-0.15, -0.1) is 0 Å². The summed E-state index contributed by atoms with van der Waals surface area (Å²) in [5.74, 6) is 3.66. The Bertz CT molecular complexity index is 1720.